The molecule has 1 heterocycles. The fourth-order valence-corrected chi connectivity index (χ4v) is 2.62. The molecule has 4 nitrogen and oxygen atoms in total. The van der Waals surface area contributed by atoms with Crippen molar-refractivity contribution in [3.63, 3.8) is 0 Å². The van der Waals surface area contributed by atoms with E-state index in [4.69, 9.17) is 4.74 Å². The Labute approximate surface area is 128 Å². The highest BCUT2D eigenvalue weighted by Crippen LogP contribution is 2.20. The molecule has 1 atom stereocenters. The molecule has 1 amide bonds. The first-order chi connectivity index (χ1) is 10.1. The number of ether oxygens (including phenoxy) is 1. The number of carbonyl (C=O) groups is 1. The van der Waals surface area contributed by atoms with Crippen molar-refractivity contribution in [2.24, 2.45) is 0 Å². The van der Waals surface area contributed by atoms with Crippen LogP contribution in [0.1, 0.15) is 23.0 Å². The molecule has 5 heteroatoms. The molecule has 0 aliphatic heterocycles. The summed E-state index contributed by atoms with van der Waals surface area (Å²) >= 11 is 1.51. The number of aliphatic hydroxyl groups excluding tert-OH is 1. The monoisotopic (exact) mass is 305 g/mol. The van der Waals surface area contributed by atoms with E-state index in [2.05, 4.69) is 5.32 Å². The van der Waals surface area contributed by atoms with E-state index in [0.717, 1.165) is 10.4 Å². The molecule has 2 rings (SSSR count). The Kier molecular flexibility index (Phi) is 5.78. The number of nitrogens with one attached hydrogen (secondary N) is 1. The average molecular weight is 305 g/mol. The lowest BCUT2D eigenvalue weighted by molar-refractivity contribution is -0.123. The lowest BCUT2D eigenvalue weighted by atomic mass is 10.2. The minimum absolute atomic E-state index is 0.0153. The van der Waals surface area contributed by atoms with Crippen molar-refractivity contribution >= 4 is 17.2 Å². The van der Waals surface area contributed by atoms with Crippen LogP contribution >= 0.6 is 11.3 Å². The number of aliphatic hydroxyl groups is 1. The van der Waals surface area contributed by atoms with Crippen molar-refractivity contribution in [2.75, 3.05) is 13.2 Å². The van der Waals surface area contributed by atoms with Crippen LogP contribution in [0.2, 0.25) is 0 Å². The van der Waals surface area contributed by atoms with Crippen LogP contribution in [0.5, 0.6) is 5.75 Å². The van der Waals surface area contributed by atoms with E-state index >= 15 is 0 Å². The van der Waals surface area contributed by atoms with Crippen LogP contribution in [0, 0.1) is 6.92 Å². The van der Waals surface area contributed by atoms with E-state index in [1.165, 1.54) is 11.3 Å². The zero-order valence-corrected chi connectivity index (χ0v) is 12.7. The Balaban J connectivity index is 1.66. The zero-order chi connectivity index (χ0) is 15.1. The van der Waals surface area contributed by atoms with E-state index < -0.39 is 6.10 Å². The minimum atomic E-state index is -0.525. The van der Waals surface area contributed by atoms with Gasteiger partial charge in [-0.3, -0.25) is 4.79 Å². The van der Waals surface area contributed by atoms with Gasteiger partial charge in [-0.15, -0.1) is 11.3 Å². The topological polar surface area (TPSA) is 58.6 Å². The fraction of sp³-hybridized carbons (Fsp3) is 0.312. The first kappa shape index (κ1) is 15.5. The Morgan fingerprint density at radius 2 is 2.24 bits per heavy atom. The van der Waals surface area contributed by atoms with E-state index in [-0.39, 0.29) is 12.5 Å². The first-order valence-electron chi connectivity index (χ1n) is 6.83. The number of benzene rings is 1. The van der Waals surface area contributed by atoms with E-state index in [1.54, 1.807) is 0 Å². The highest BCUT2D eigenvalue weighted by molar-refractivity contribution is 7.10. The Hall–Kier alpha value is -1.85. The van der Waals surface area contributed by atoms with Gasteiger partial charge >= 0.3 is 0 Å². The SMILES string of the molecule is Cc1cccc(OCC(=O)NCCC(O)c2cccs2)c1. The van der Waals surface area contributed by atoms with Crippen LogP contribution < -0.4 is 10.1 Å². The number of amides is 1. The molecule has 0 spiro atoms. The Bertz CT molecular complexity index is 569. The van der Waals surface area contributed by atoms with Gasteiger partial charge in [0, 0.05) is 11.4 Å². The summed E-state index contributed by atoms with van der Waals surface area (Å²) in [5.41, 5.74) is 1.09. The van der Waals surface area contributed by atoms with Crippen molar-refractivity contribution in [3.8, 4) is 5.75 Å². The van der Waals surface area contributed by atoms with Gasteiger partial charge in [-0.1, -0.05) is 18.2 Å². The fourth-order valence-electron chi connectivity index (χ4n) is 1.88. The maximum absolute atomic E-state index is 11.7. The molecular weight excluding hydrogens is 286 g/mol. The van der Waals surface area contributed by atoms with Gasteiger partial charge in [-0.25, -0.2) is 0 Å². The van der Waals surface area contributed by atoms with Gasteiger partial charge in [-0.05, 0) is 42.5 Å². The summed E-state index contributed by atoms with van der Waals surface area (Å²) in [6.07, 6.45) is -0.0283. The molecule has 21 heavy (non-hydrogen) atoms. The number of thiophene rings is 1. The summed E-state index contributed by atoms with van der Waals surface area (Å²) in [4.78, 5) is 12.6. The molecule has 0 saturated heterocycles. The van der Waals surface area contributed by atoms with E-state index in [0.29, 0.717) is 18.7 Å². The quantitative estimate of drug-likeness (QED) is 0.827. The van der Waals surface area contributed by atoms with Crippen molar-refractivity contribution in [3.05, 3.63) is 52.2 Å². The van der Waals surface area contributed by atoms with Crippen molar-refractivity contribution in [1.82, 2.24) is 5.32 Å². The van der Waals surface area contributed by atoms with Gasteiger partial charge < -0.3 is 15.2 Å². The van der Waals surface area contributed by atoms with Crippen molar-refractivity contribution < 1.29 is 14.6 Å². The standard InChI is InChI=1S/C16H19NO3S/c1-12-4-2-5-13(10-12)20-11-16(19)17-8-7-14(18)15-6-3-9-21-15/h2-6,9-10,14,18H,7-8,11H2,1H3,(H,17,19). The maximum atomic E-state index is 11.7. The van der Waals surface area contributed by atoms with Gasteiger partial charge in [0.2, 0.25) is 0 Å². The maximum Gasteiger partial charge on any atom is 0.257 e. The molecule has 0 bridgehead atoms. The number of aryl methyl sites for hydroxylation is 1. The molecule has 0 radical (unpaired) electrons. The highest BCUT2D eigenvalue weighted by Gasteiger charge is 2.09. The van der Waals surface area contributed by atoms with Crippen LogP contribution in [0.25, 0.3) is 0 Å². The summed E-state index contributed by atoms with van der Waals surface area (Å²) in [5, 5.41) is 14.6. The first-order valence-corrected chi connectivity index (χ1v) is 7.71. The van der Waals surface area contributed by atoms with E-state index in [9.17, 15) is 9.90 Å². The molecule has 1 aromatic carbocycles. The van der Waals surface area contributed by atoms with Crippen LogP contribution in [0.4, 0.5) is 0 Å². The summed E-state index contributed by atoms with van der Waals surface area (Å²) in [5.74, 6) is 0.499. The van der Waals surface area contributed by atoms with Crippen LogP contribution in [0.3, 0.4) is 0 Å². The average Bonchev–Trinajstić information content (AvgIpc) is 2.99. The number of carbonyl (C=O) groups excluding carboxylic acids is 1. The van der Waals surface area contributed by atoms with Crippen LogP contribution in [0.15, 0.2) is 41.8 Å². The molecule has 0 aliphatic carbocycles. The van der Waals surface area contributed by atoms with E-state index in [1.807, 2.05) is 48.7 Å². The number of hydrogen-bond acceptors (Lipinski definition) is 4. The summed E-state index contributed by atoms with van der Waals surface area (Å²) in [6, 6.07) is 11.4. The van der Waals surface area contributed by atoms with Gasteiger partial charge in [0.1, 0.15) is 5.75 Å². The molecule has 0 aliphatic rings. The lowest BCUT2D eigenvalue weighted by Crippen LogP contribution is -2.30. The summed E-state index contributed by atoms with van der Waals surface area (Å²) < 4.78 is 5.41. The van der Waals surface area contributed by atoms with Crippen LogP contribution in [-0.4, -0.2) is 24.2 Å². The molecule has 1 aromatic heterocycles. The number of rotatable bonds is 7. The third-order valence-electron chi connectivity index (χ3n) is 2.97. The van der Waals surface area contributed by atoms with Crippen molar-refractivity contribution in [1.29, 1.82) is 0 Å². The van der Waals surface area contributed by atoms with Gasteiger partial charge in [-0.2, -0.15) is 0 Å². The third-order valence-corrected chi connectivity index (χ3v) is 3.94. The summed E-state index contributed by atoms with van der Waals surface area (Å²) in [6.45, 7) is 2.38. The smallest absolute Gasteiger partial charge is 0.257 e. The predicted molar refractivity (Wildman–Crippen MR) is 83.6 cm³/mol. The Morgan fingerprint density at radius 3 is 2.95 bits per heavy atom. The lowest BCUT2D eigenvalue weighted by Gasteiger charge is -2.10. The largest absolute Gasteiger partial charge is 0.484 e. The van der Waals surface area contributed by atoms with Gasteiger partial charge in [0.25, 0.3) is 5.91 Å². The molecule has 2 aromatic rings. The summed E-state index contributed by atoms with van der Waals surface area (Å²) in [7, 11) is 0. The molecule has 1 unspecified atom stereocenters. The minimum Gasteiger partial charge on any atom is -0.484 e. The zero-order valence-electron chi connectivity index (χ0n) is 11.9. The highest BCUT2D eigenvalue weighted by atomic mass is 32.1. The second kappa shape index (κ2) is 7.81. The molecule has 112 valence electrons. The van der Waals surface area contributed by atoms with Crippen LogP contribution in [-0.2, 0) is 4.79 Å². The molecule has 0 saturated carbocycles. The molecule has 0 fully saturated rings. The molecule has 2 N–H and O–H groups in total. The second-order valence-electron chi connectivity index (χ2n) is 4.78. The predicted octanol–water partition coefficient (Wildman–Crippen LogP) is 2.68. The number of hydrogen-bond donors (Lipinski definition) is 2. The van der Waals surface area contributed by atoms with Crippen molar-refractivity contribution in [2.45, 2.75) is 19.4 Å². The van der Waals surface area contributed by atoms with Gasteiger partial charge in [0.05, 0.1) is 6.10 Å². The third kappa shape index (κ3) is 5.21. The normalized spacial score (nSPS) is 11.9. The second-order valence-corrected chi connectivity index (χ2v) is 5.75. The van der Waals surface area contributed by atoms with Gasteiger partial charge in [0.15, 0.2) is 6.61 Å². The molecular formula is C16H19NO3S. The Morgan fingerprint density at radius 1 is 1.38 bits per heavy atom.